The molecule has 0 bridgehead atoms. The molecule has 0 saturated carbocycles. The fourth-order valence-corrected chi connectivity index (χ4v) is 2.13. The predicted octanol–water partition coefficient (Wildman–Crippen LogP) is 4.69. The summed E-state index contributed by atoms with van der Waals surface area (Å²) in [5, 5.41) is 9.74. The molecular weight excluding hydrogens is 302 g/mol. The molecule has 0 aliphatic heterocycles. The van der Waals surface area contributed by atoms with Gasteiger partial charge in [-0.15, -0.1) is 0 Å². The van der Waals surface area contributed by atoms with Crippen LogP contribution in [0.4, 0.5) is 0 Å². The van der Waals surface area contributed by atoms with E-state index in [1.54, 1.807) is 30.3 Å². The number of halogens is 4. The summed E-state index contributed by atoms with van der Waals surface area (Å²) < 4.78 is -2.83. The standard InChI is InChI=1S/C12H8Cl4O/c13-11(14)6-5-8(7-12(11,15)16)9-3-1-2-4-10(9)17/h1-7,17H. The molecule has 1 aromatic rings. The third kappa shape index (κ3) is 2.43. The van der Waals surface area contributed by atoms with Gasteiger partial charge in [-0.3, -0.25) is 0 Å². The molecule has 0 atom stereocenters. The van der Waals surface area contributed by atoms with E-state index in [9.17, 15) is 5.11 Å². The lowest BCUT2D eigenvalue weighted by atomic mass is 9.98. The summed E-state index contributed by atoms with van der Waals surface area (Å²) in [6.45, 7) is 0. The molecule has 1 N–H and O–H groups in total. The van der Waals surface area contributed by atoms with Crippen molar-refractivity contribution in [2.75, 3.05) is 0 Å². The number of alkyl halides is 4. The van der Waals surface area contributed by atoms with Gasteiger partial charge in [-0.2, -0.15) is 0 Å². The molecular formula is C12H8Cl4O. The molecule has 17 heavy (non-hydrogen) atoms. The number of benzene rings is 1. The highest BCUT2D eigenvalue weighted by Crippen LogP contribution is 2.49. The number of phenolic OH excluding ortho intramolecular Hbond substituents is 1. The number of hydrogen-bond donors (Lipinski definition) is 1. The van der Waals surface area contributed by atoms with Crippen molar-refractivity contribution in [2.24, 2.45) is 0 Å². The maximum Gasteiger partial charge on any atom is 0.173 e. The molecule has 1 aromatic carbocycles. The number of para-hydroxylation sites is 1. The van der Waals surface area contributed by atoms with Gasteiger partial charge >= 0.3 is 0 Å². The minimum atomic E-state index is -1.44. The first-order valence-electron chi connectivity index (χ1n) is 4.79. The molecule has 90 valence electrons. The first kappa shape index (κ1) is 13.1. The van der Waals surface area contributed by atoms with Crippen molar-refractivity contribution >= 4 is 52.0 Å². The molecule has 0 amide bonds. The van der Waals surface area contributed by atoms with Gasteiger partial charge in [-0.25, -0.2) is 0 Å². The maximum absolute atomic E-state index is 9.74. The highest BCUT2D eigenvalue weighted by atomic mass is 35.5. The summed E-state index contributed by atoms with van der Waals surface area (Å²) in [4.78, 5) is 0. The zero-order chi connectivity index (χ0) is 12.7. The van der Waals surface area contributed by atoms with E-state index in [1.165, 1.54) is 12.2 Å². The summed E-state index contributed by atoms with van der Waals surface area (Å²) >= 11 is 24.0. The first-order valence-corrected chi connectivity index (χ1v) is 6.31. The van der Waals surface area contributed by atoms with Gasteiger partial charge in [0.25, 0.3) is 0 Å². The number of allylic oxidation sites excluding steroid dienone is 4. The Morgan fingerprint density at radius 1 is 0.941 bits per heavy atom. The summed E-state index contributed by atoms with van der Waals surface area (Å²) in [5.74, 6) is 0.143. The Morgan fingerprint density at radius 2 is 1.59 bits per heavy atom. The van der Waals surface area contributed by atoms with Crippen LogP contribution in [-0.2, 0) is 0 Å². The SMILES string of the molecule is Oc1ccccc1C1=CC(Cl)(Cl)C(Cl)(Cl)C=C1. The zero-order valence-corrected chi connectivity index (χ0v) is 11.5. The number of rotatable bonds is 1. The predicted molar refractivity (Wildman–Crippen MR) is 74.1 cm³/mol. The van der Waals surface area contributed by atoms with E-state index < -0.39 is 8.67 Å². The zero-order valence-electron chi connectivity index (χ0n) is 8.50. The molecule has 2 rings (SSSR count). The van der Waals surface area contributed by atoms with Crippen LogP contribution < -0.4 is 0 Å². The van der Waals surface area contributed by atoms with E-state index in [-0.39, 0.29) is 5.75 Å². The average Bonchev–Trinajstić information content (AvgIpc) is 2.23. The lowest BCUT2D eigenvalue weighted by molar-refractivity contribution is 0.473. The highest BCUT2D eigenvalue weighted by molar-refractivity contribution is 6.64. The Kier molecular flexibility index (Phi) is 3.39. The Morgan fingerprint density at radius 3 is 2.18 bits per heavy atom. The fraction of sp³-hybridized carbons (Fsp3) is 0.167. The summed E-state index contributed by atoms with van der Waals surface area (Å²) in [6.07, 6.45) is 4.70. The molecule has 0 spiro atoms. The number of phenols is 1. The molecule has 0 saturated heterocycles. The van der Waals surface area contributed by atoms with E-state index in [0.29, 0.717) is 11.1 Å². The molecule has 1 nitrogen and oxygen atoms in total. The smallest absolute Gasteiger partial charge is 0.173 e. The minimum Gasteiger partial charge on any atom is -0.507 e. The first-order chi connectivity index (χ1) is 7.83. The third-order valence-electron chi connectivity index (χ3n) is 2.47. The van der Waals surface area contributed by atoms with Crippen LogP contribution in [0.5, 0.6) is 5.75 Å². The monoisotopic (exact) mass is 308 g/mol. The third-order valence-corrected chi connectivity index (χ3v) is 4.52. The van der Waals surface area contributed by atoms with Crippen LogP contribution in [0.25, 0.3) is 5.57 Å². The van der Waals surface area contributed by atoms with Gasteiger partial charge in [0.1, 0.15) is 5.75 Å². The lowest BCUT2D eigenvalue weighted by Gasteiger charge is -2.31. The molecule has 0 radical (unpaired) electrons. The van der Waals surface area contributed by atoms with Gasteiger partial charge in [0.15, 0.2) is 8.67 Å². The van der Waals surface area contributed by atoms with E-state index in [4.69, 9.17) is 46.4 Å². The second kappa shape index (κ2) is 4.40. The van der Waals surface area contributed by atoms with Gasteiger partial charge in [-0.05, 0) is 23.8 Å². The van der Waals surface area contributed by atoms with Crippen LogP contribution in [0.1, 0.15) is 5.56 Å². The molecule has 1 aliphatic rings. The van der Waals surface area contributed by atoms with Gasteiger partial charge in [-0.1, -0.05) is 70.7 Å². The topological polar surface area (TPSA) is 20.2 Å². The van der Waals surface area contributed by atoms with Crippen LogP contribution in [0, 0.1) is 0 Å². The van der Waals surface area contributed by atoms with Crippen molar-refractivity contribution in [3.63, 3.8) is 0 Å². The minimum absolute atomic E-state index is 0.143. The molecule has 5 heteroatoms. The van der Waals surface area contributed by atoms with E-state index in [1.807, 2.05) is 0 Å². The summed E-state index contributed by atoms with van der Waals surface area (Å²) in [6, 6.07) is 6.87. The largest absolute Gasteiger partial charge is 0.507 e. The molecule has 0 heterocycles. The second-order valence-electron chi connectivity index (χ2n) is 3.70. The van der Waals surface area contributed by atoms with Gasteiger partial charge < -0.3 is 5.11 Å². The van der Waals surface area contributed by atoms with Gasteiger partial charge in [0.05, 0.1) is 0 Å². The average molecular weight is 310 g/mol. The van der Waals surface area contributed by atoms with E-state index >= 15 is 0 Å². The lowest BCUT2D eigenvalue weighted by Crippen LogP contribution is -2.34. The van der Waals surface area contributed by atoms with Crippen molar-refractivity contribution in [2.45, 2.75) is 8.67 Å². The Labute approximate surface area is 119 Å². The molecule has 0 unspecified atom stereocenters. The Hall–Kier alpha value is -0.340. The normalized spacial score (nSPS) is 21.1. The summed E-state index contributed by atoms with van der Waals surface area (Å²) in [7, 11) is 0. The van der Waals surface area contributed by atoms with E-state index in [2.05, 4.69) is 0 Å². The quantitative estimate of drug-likeness (QED) is 0.746. The van der Waals surface area contributed by atoms with Gasteiger partial charge in [0, 0.05) is 5.56 Å². The molecule has 1 aliphatic carbocycles. The molecule has 0 fully saturated rings. The van der Waals surface area contributed by atoms with Crippen molar-refractivity contribution in [1.29, 1.82) is 0 Å². The maximum atomic E-state index is 9.74. The number of hydrogen-bond acceptors (Lipinski definition) is 1. The number of aromatic hydroxyl groups is 1. The Balaban J connectivity index is 2.48. The van der Waals surface area contributed by atoms with Crippen molar-refractivity contribution in [1.82, 2.24) is 0 Å². The fourth-order valence-electron chi connectivity index (χ4n) is 1.53. The Bertz CT molecular complexity index is 503. The van der Waals surface area contributed by atoms with Crippen LogP contribution in [0.15, 0.2) is 42.5 Å². The van der Waals surface area contributed by atoms with Gasteiger partial charge in [0.2, 0.25) is 0 Å². The summed E-state index contributed by atoms with van der Waals surface area (Å²) in [5.41, 5.74) is 1.29. The second-order valence-corrected chi connectivity index (χ2v) is 6.47. The van der Waals surface area contributed by atoms with Crippen molar-refractivity contribution < 1.29 is 5.11 Å². The van der Waals surface area contributed by atoms with Crippen molar-refractivity contribution in [3.05, 3.63) is 48.1 Å². The molecule has 0 aromatic heterocycles. The van der Waals surface area contributed by atoms with Crippen molar-refractivity contribution in [3.8, 4) is 5.75 Å². The highest BCUT2D eigenvalue weighted by Gasteiger charge is 2.45. The van der Waals surface area contributed by atoms with Crippen LogP contribution >= 0.6 is 46.4 Å². The van der Waals surface area contributed by atoms with Crippen LogP contribution in [-0.4, -0.2) is 13.8 Å². The van der Waals surface area contributed by atoms with E-state index in [0.717, 1.165) is 0 Å². The van der Waals surface area contributed by atoms with Crippen LogP contribution in [0.2, 0.25) is 0 Å². The van der Waals surface area contributed by atoms with Crippen LogP contribution in [0.3, 0.4) is 0 Å².